The van der Waals surface area contributed by atoms with Gasteiger partial charge in [0.2, 0.25) is 0 Å². The Morgan fingerprint density at radius 1 is 1.46 bits per heavy atom. The molecule has 1 saturated heterocycles. The van der Waals surface area contributed by atoms with Crippen LogP contribution in [0.25, 0.3) is 0 Å². The van der Waals surface area contributed by atoms with Gasteiger partial charge in [-0.2, -0.15) is 0 Å². The number of hydrogen-bond donors (Lipinski definition) is 3. The summed E-state index contributed by atoms with van der Waals surface area (Å²) in [7, 11) is 1.26. The van der Waals surface area contributed by atoms with Gasteiger partial charge in [0.1, 0.15) is 12.2 Å². The minimum Gasteiger partial charge on any atom is -0.394 e. The van der Waals surface area contributed by atoms with Crippen molar-refractivity contribution < 1.29 is 29.6 Å². The molecule has 1 fully saturated rings. The molecule has 1 rings (SSSR count). The molecule has 0 saturated carbocycles. The Balaban J connectivity index is 2.72. The molecule has 0 aromatic heterocycles. The molecule has 0 bridgehead atoms. The van der Waals surface area contributed by atoms with Gasteiger partial charge in [-0.05, 0) is 0 Å². The lowest BCUT2D eigenvalue weighted by atomic mass is 10.0. The second-order valence-electron chi connectivity index (χ2n) is 2.75. The third kappa shape index (κ3) is 1.87. The summed E-state index contributed by atoms with van der Waals surface area (Å²) in [6.07, 6.45) is -5.14. The third-order valence-corrected chi connectivity index (χ3v) is 1.91. The third-order valence-electron chi connectivity index (χ3n) is 1.91. The van der Waals surface area contributed by atoms with E-state index in [1.165, 1.54) is 7.11 Å². The molecule has 6 nitrogen and oxygen atoms in total. The van der Waals surface area contributed by atoms with Gasteiger partial charge in [0.05, 0.1) is 6.61 Å². The summed E-state index contributed by atoms with van der Waals surface area (Å²) < 4.78 is 9.53. The quantitative estimate of drug-likeness (QED) is 0.453. The Bertz CT molecular complexity index is 175. The minimum atomic E-state index is -1.50. The fourth-order valence-electron chi connectivity index (χ4n) is 1.14. The number of aliphatic hydroxyl groups excluding tert-OH is 3. The molecular weight excluding hydrogens is 180 g/mol. The lowest BCUT2D eigenvalue weighted by Crippen LogP contribution is -2.56. The molecule has 0 aromatic rings. The first kappa shape index (κ1) is 10.6. The second-order valence-corrected chi connectivity index (χ2v) is 2.75. The van der Waals surface area contributed by atoms with Crippen LogP contribution in [0, 0.1) is 0 Å². The topological polar surface area (TPSA) is 96.2 Å². The molecule has 3 N–H and O–H groups in total. The van der Waals surface area contributed by atoms with Gasteiger partial charge in [0, 0.05) is 7.11 Å². The van der Waals surface area contributed by atoms with E-state index in [-0.39, 0.29) is 0 Å². The average molecular weight is 192 g/mol. The molecule has 13 heavy (non-hydrogen) atoms. The van der Waals surface area contributed by atoms with Crippen LogP contribution in [0.1, 0.15) is 0 Å². The number of hydrogen-bond acceptors (Lipinski definition) is 6. The van der Waals surface area contributed by atoms with Crippen LogP contribution in [0.3, 0.4) is 0 Å². The number of rotatable bonds is 2. The molecule has 6 heteroatoms. The van der Waals surface area contributed by atoms with E-state index in [1.807, 2.05) is 0 Å². The van der Waals surface area contributed by atoms with Gasteiger partial charge >= 0.3 is 0 Å². The Hall–Kier alpha value is -0.530. The van der Waals surface area contributed by atoms with Crippen molar-refractivity contribution in [2.75, 3.05) is 13.7 Å². The Labute approximate surface area is 74.7 Å². The van der Waals surface area contributed by atoms with Crippen molar-refractivity contribution in [3.8, 4) is 0 Å². The minimum absolute atomic E-state index is 0.501. The highest BCUT2D eigenvalue weighted by molar-refractivity contribution is 5.88. The summed E-state index contributed by atoms with van der Waals surface area (Å²) in [6, 6.07) is 0. The number of ether oxygens (including phenoxy) is 2. The van der Waals surface area contributed by atoms with Crippen molar-refractivity contribution >= 4 is 5.78 Å². The van der Waals surface area contributed by atoms with Gasteiger partial charge in [-0.25, -0.2) is 0 Å². The van der Waals surface area contributed by atoms with Crippen LogP contribution in [-0.2, 0) is 14.3 Å². The van der Waals surface area contributed by atoms with Crippen LogP contribution in [0.5, 0.6) is 0 Å². The van der Waals surface area contributed by atoms with E-state index in [0.29, 0.717) is 0 Å². The van der Waals surface area contributed by atoms with Crippen LogP contribution < -0.4 is 0 Å². The van der Waals surface area contributed by atoms with Crippen molar-refractivity contribution in [2.45, 2.75) is 24.6 Å². The van der Waals surface area contributed by atoms with Crippen molar-refractivity contribution in [1.29, 1.82) is 0 Å². The lowest BCUT2D eigenvalue weighted by molar-refractivity contribution is -0.247. The van der Waals surface area contributed by atoms with Gasteiger partial charge in [-0.3, -0.25) is 4.79 Å². The smallest absolute Gasteiger partial charge is 0.197 e. The Morgan fingerprint density at radius 2 is 2.08 bits per heavy atom. The molecular formula is C7H12O6. The predicted molar refractivity (Wildman–Crippen MR) is 39.8 cm³/mol. The predicted octanol–water partition coefficient (Wildman–Crippen LogP) is -2.36. The molecule has 1 aliphatic rings. The number of ketones is 1. The van der Waals surface area contributed by atoms with Crippen LogP contribution >= 0.6 is 0 Å². The van der Waals surface area contributed by atoms with E-state index >= 15 is 0 Å². The maximum absolute atomic E-state index is 11.1. The van der Waals surface area contributed by atoms with Crippen molar-refractivity contribution in [3.63, 3.8) is 0 Å². The molecule has 0 aliphatic carbocycles. The first-order valence-electron chi connectivity index (χ1n) is 3.80. The highest BCUT2D eigenvalue weighted by Gasteiger charge is 2.43. The van der Waals surface area contributed by atoms with Crippen molar-refractivity contribution in [3.05, 3.63) is 0 Å². The van der Waals surface area contributed by atoms with Gasteiger partial charge < -0.3 is 24.8 Å². The summed E-state index contributed by atoms with van der Waals surface area (Å²) in [6.45, 7) is -0.501. The maximum atomic E-state index is 11.1. The van der Waals surface area contributed by atoms with Gasteiger partial charge in [-0.1, -0.05) is 0 Å². The van der Waals surface area contributed by atoms with Gasteiger partial charge in [-0.15, -0.1) is 0 Å². The SMILES string of the molecule is CO[C@H]1OC(CO)[C@@H](O)C(=O)[C@@H]1O. The first-order chi connectivity index (χ1) is 6.11. The molecule has 4 atom stereocenters. The molecule has 1 aliphatic heterocycles. The molecule has 1 unspecified atom stereocenters. The Morgan fingerprint density at radius 3 is 2.54 bits per heavy atom. The fourth-order valence-corrected chi connectivity index (χ4v) is 1.14. The van der Waals surface area contributed by atoms with Crippen molar-refractivity contribution in [1.82, 2.24) is 0 Å². The van der Waals surface area contributed by atoms with Crippen LogP contribution in [-0.4, -0.2) is 59.4 Å². The summed E-state index contributed by atoms with van der Waals surface area (Å²) in [5.74, 6) is -0.794. The number of Topliss-reactive ketones (excluding diaryl/α,β-unsaturated/α-hetero) is 1. The molecule has 0 amide bonds. The summed E-state index contributed by atoms with van der Waals surface area (Å²) in [4.78, 5) is 11.1. The largest absolute Gasteiger partial charge is 0.394 e. The number of carbonyl (C=O) groups is 1. The molecule has 76 valence electrons. The van der Waals surface area contributed by atoms with E-state index in [1.54, 1.807) is 0 Å². The number of aliphatic hydroxyl groups is 3. The molecule has 0 spiro atoms. The summed E-state index contributed by atoms with van der Waals surface area (Å²) in [5, 5.41) is 27.1. The fraction of sp³-hybridized carbons (Fsp3) is 0.857. The van der Waals surface area contributed by atoms with E-state index in [4.69, 9.17) is 9.84 Å². The monoisotopic (exact) mass is 192 g/mol. The van der Waals surface area contributed by atoms with Crippen LogP contribution in [0.15, 0.2) is 0 Å². The lowest BCUT2D eigenvalue weighted by Gasteiger charge is -2.34. The zero-order valence-electron chi connectivity index (χ0n) is 7.08. The van der Waals surface area contributed by atoms with E-state index in [0.717, 1.165) is 0 Å². The maximum Gasteiger partial charge on any atom is 0.197 e. The normalized spacial score (nSPS) is 40.8. The average Bonchev–Trinajstić information content (AvgIpc) is 2.15. The van der Waals surface area contributed by atoms with E-state index in [9.17, 15) is 15.0 Å². The zero-order chi connectivity index (χ0) is 10.0. The second kappa shape index (κ2) is 4.12. The van der Waals surface area contributed by atoms with Crippen molar-refractivity contribution in [2.24, 2.45) is 0 Å². The van der Waals surface area contributed by atoms with Crippen LogP contribution in [0.2, 0.25) is 0 Å². The number of methoxy groups -OCH3 is 1. The molecule has 0 radical (unpaired) electrons. The summed E-state index contributed by atoms with van der Waals surface area (Å²) >= 11 is 0. The van der Waals surface area contributed by atoms with Gasteiger partial charge in [0.15, 0.2) is 18.2 Å². The number of carbonyl (C=O) groups excluding carboxylic acids is 1. The Kier molecular flexibility index (Phi) is 3.34. The summed E-state index contributed by atoms with van der Waals surface area (Å²) in [5.41, 5.74) is 0. The van der Waals surface area contributed by atoms with E-state index in [2.05, 4.69) is 4.74 Å². The highest BCUT2D eigenvalue weighted by atomic mass is 16.7. The first-order valence-corrected chi connectivity index (χ1v) is 3.80. The standard InChI is InChI=1S/C7H12O6/c1-12-7-6(11)5(10)4(9)3(2-8)13-7/h3-4,6-9,11H,2H2,1H3/t3?,4-,6+,7+/m1/s1. The zero-order valence-corrected chi connectivity index (χ0v) is 7.08. The molecule has 1 heterocycles. The van der Waals surface area contributed by atoms with E-state index < -0.39 is 37.0 Å². The molecule has 0 aromatic carbocycles. The van der Waals surface area contributed by atoms with Crippen LogP contribution in [0.4, 0.5) is 0 Å². The van der Waals surface area contributed by atoms with Gasteiger partial charge in [0.25, 0.3) is 0 Å². The highest BCUT2D eigenvalue weighted by Crippen LogP contribution is 2.17.